The van der Waals surface area contributed by atoms with Gasteiger partial charge in [0, 0.05) is 43.1 Å². The van der Waals surface area contributed by atoms with Crippen LogP contribution in [0.2, 0.25) is 0 Å². The quantitative estimate of drug-likeness (QED) is 0.816. The molecular formula is C17H23BrN2O2. The van der Waals surface area contributed by atoms with Crippen molar-refractivity contribution in [1.29, 1.82) is 0 Å². The Balaban J connectivity index is 1.95. The molecule has 2 rings (SSSR count). The van der Waals surface area contributed by atoms with E-state index in [2.05, 4.69) is 15.9 Å². The van der Waals surface area contributed by atoms with E-state index in [1.165, 1.54) is 12.8 Å². The van der Waals surface area contributed by atoms with Crippen molar-refractivity contribution in [3.63, 3.8) is 0 Å². The van der Waals surface area contributed by atoms with Crippen molar-refractivity contribution in [2.75, 3.05) is 24.5 Å². The van der Waals surface area contributed by atoms with E-state index in [1.54, 1.807) is 11.8 Å². The first-order valence-corrected chi connectivity index (χ1v) is 8.68. The van der Waals surface area contributed by atoms with Gasteiger partial charge < -0.3 is 9.80 Å². The number of halogens is 1. The van der Waals surface area contributed by atoms with Crippen LogP contribution in [-0.2, 0) is 9.59 Å². The zero-order chi connectivity index (χ0) is 15.9. The molecule has 0 atom stereocenters. The van der Waals surface area contributed by atoms with Gasteiger partial charge in [-0.3, -0.25) is 9.59 Å². The molecule has 1 aliphatic rings. The van der Waals surface area contributed by atoms with Gasteiger partial charge in [-0.1, -0.05) is 28.8 Å². The van der Waals surface area contributed by atoms with Crippen molar-refractivity contribution < 1.29 is 9.59 Å². The SMILES string of the molecule is CC(=O)N(CCC(=O)N1CCCCCC1)c1ccc(Br)cc1. The van der Waals surface area contributed by atoms with E-state index in [-0.39, 0.29) is 11.8 Å². The Labute approximate surface area is 140 Å². The number of carbonyl (C=O) groups excluding carboxylic acids is 2. The van der Waals surface area contributed by atoms with Gasteiger partial charge >= 0.3 is 0 Å². The molecular weight excluding hydrogens is 344 g/mol. The number of nitrogens with zero attached hydrogens (tertiary/aromatic N) is 2. The van der Waals surface area contributed by atoms with Gasteiger partial charge in [0.25, 0.3) is 0 Å². The van der Waals surface area contributed by atoms with Gasteiger partial charge in [0.1, 0.15) is 0 Å². The molecule has 4 nitrogen and oxygen atoms in total. The molecule has 5 heteroatoms. The summed E-state index contributed by atoms with van der Waals surface area (Å²) in [7, 11) is 0. The highest BCUT2D eigenvalue weighted by atomic mass is 79.9. The molecule has 0 saturated carbocycles. The fraction of sp³-hybridized carbons (Fsp3) is 0.529. The van der Waals surface area contributed by atoms with Crippen LogP contribution in [0.15, 0.2) is 28.7 Å². The number of hydrogen-bond acceptors (Lipinski definition) is 2. The van der Waals surface area contributed by atoms with E-state index in [0.29, 0.717) is 13.0 Å². The Hall–Kier alpha value is -1.36. The standard InChI is InChI=1S/C17H23BrN2O2/c1-14(21)20(16-8-6-15(18)7-9-16)13-10-17(22)19-11-4-2-3-5-12-19/h6-9H,2-5,10-13H2,1H3. The summed E-state index contributed by atoms with van der Waals surface area (Å²) in [6.07, 6.45) is 4.99. The van der Waals surface area contributed by atoms with Crippen LogP contribution in [0, 0.1) is 0 Å². The molecule has 1 aromatic rings. The maximum Gasteiger partial charge on any atom is 0.224 e. The summed E-state index contributed by atoms with van der Waals surface area (Å²) in [5.41, 5.74) is 0.833. The van der Waals surface area contributed by atoms with Crippen LogP contribution in [0.5, 0.6) is 0 Å². The monoisotopic (exact) mass is 366 g/mol. The molecule has 0 N–H and O–H groups in total. The molecule has 0 aromatic heterocycles. The lowest BCUT2D eigenvalue weighted by Gasteiger charge is -2.24. The van der Waals surface area contributed by atoms with Crippen LogP contribution in [0.1, 0.15) is 39.0 Å². The maximum absolute atomic E-state index is 12.3. The number of carbonyl (C=O) groups is 2. The molecule has 22 heavy (non-hydrogen) atoms. The summed E-state index contributed by atoms with van der Waals surface area (Å²) in [5, 5.41) is 0. The zero-order valence-corrected chi connectivity index (χ0v) is 14.6. The summed E-state index contributed by atoms with van der Waals surface area (Å²) in [5.74, 6) is 0.122. The molecule has 120 valence electrons. The van der Waals surface area contributed by atoms with Gasteiger partial charge in [0.15, 0.2) is 0 Å². The van der Waals surface area contributed by atoms with Gasteiger partial charge in [-0.25, -0.2) is 0 Å². The highest BCUT2D eigenvalue weighted by Gasteiger charge is 2.18. The number of benzene rings is 1. The molecule has 2 amide bonds. The highest BCUT2D eigenvalue weighted by molar-refractivity contribution is 9.10. The molecule has 0 spiro atoms. The summed E-state index contributed by atoms with van der Waals surface area (Å²) >= 11 is 3.39. The van der Waals surface area contributed by atoms with Gasteiger partial charge in [-0.2, -0.15) is 0 Å². The van der Waals surface area contributed by atoms with Crippen molar-refractivity contribution in [3.8, 4) is 0 Å². The fourth-order valence-electron chi connectivity index (χ4n) is 2.78. The second-order valence-electron chi connectivity index (χ2n) is 5.69. The van der Waals surface area contributed by atoms with E-state index >= 15 is 0 Å². The van der Waals surface area contributed by atoms with E-state index < -0.39 is 0 Å². The third kappa shape index (κ3) is 4.83. The Kier molecular flexibility index (Phi) is 6.43. The second kappa shape index (κ2) is 8.32. The Bertz CT molecular complexity index is 508. The summed E-state index contributed by atoms with van der Waals surface area (Å²) in [4.78, 5) is 27.8. The maximum atomic E-state index is 12.3. The highest BCUT2D eigenvalue weighted by Crippen LogP contribution is 2.19. The first-order valence-electron chi connectivity index (χ1n) is 7.89. The minimum Gasteiger partial charge on any atom is -0.343 e. The van der Waals surface area contributed by atoms with Crippen LogP contribution < -0.4 is 4.90 Å². The van der Waals surface area contributed by atoms with Crippen molar-refractivity contribution in [3.05, 3.63) is 28.7 Å². The molecule has 1 saturated heterocycles. The van der Waals surface area contributed by atoms with Gasteiger partial charge in [-0.15, -0.1) is 0 Å². The first kappa shape index (κ1) is 17.0. The number of amides is 2. The number of hydrogen-bond donors (Lipinski definition) is 0. The van der Waals surface area contributed by atoms with Crippen LogP contribution in [0.3, 0.4) is 0 Å². The normalized spacial score (nSPS) is 15.3. The smallest absolute Gasteiger partial charge is 0.224 e. The summed E-state index contributed by atoms with van der Waals surface area (Å²) < 4.78 is 0.973. The van der Waals surface area contributed by atoms with E-state index in [0.717, 1.165) is 36.1 Å². The topological polar surface area (TPSA) is 40.6 Å². The lowest BCUT2D eigenvalue weighted by atomic mass is 10.2. The van der Waals surface area contributed by atoms with Crippen LogP contribution >= 0.6 is 15.9 Å². The van der Waals surface area contributed by atoms with Gasteiger partial charge in [0.05, 0.1) is 0 Å². The molecule has 0 aliphatic carbocycles. The van der Waals surface area contributed by atoms with Gasteiger partial charge in [-0.05, 0) is 37.1 Å². The fourth-order valence-corrected chi connectivity index (χ4v) is 3.04. The number of rotatable bonds is 4. The van der Waals surface area contributed by atoms with Crippen molar-refractivity contribution in [1.82, 2.24) is 4.90 Å². The van der Waals surface area contributed by atoms with E-state index in [9.17, 15) is 9.59 Å². The van der Waals surface area contributed by atoms with Crippen LogP contribution in [0.25, 0.3) is 0 Å². The third-order valence-corrected chi connectivity index (χ3v) is 4.56. The second-order valence-corrected chi connectivity index (χ2v) is 6.61. The zero-order valence-electron chi connectivity index (χ0n) is 13.1. The molecule has 1 fully saturated rings. The Morgan fingerprint density at radius 3 is 2.23 bits per heavy atom. The molecule has 0 bridgehead atoms. The predicted octanol–water partition coefficient (Wildman–Crippen LogP) is 3.59. The minimum absolute atomic E-state index is 0.0361. The summed E-state index contributed by atoms with van der Waals surface area (Å²) in [6.45, 7) is 3.69. The molecule has 0 radical (unpaired) electrons. The van der Waals surface area contributed by atoms with Crippen molar-refractivity contribution in [2.45, 2.75) is 39.0 Å². The third-order valence-electron chi connectivity index (χ3n) is 4.03. The molecule has 1 aromatic carbocycles. The number of likely N-dealkylation sites (tertiary alicyclic amines) is 1. The van der Waals surface area contributed by atoms with Crippen molar-refractivity contribution >= 4 is 33.4 Å². The average molecular weight is 367 g/mol. The van der Waals surface area contributed by atoms with E-state index in [4.69, 9.17) is 0 Å². The van der Waals surface area contributed by atoms with Gasteiger partial charge in [0.2, 0.25) is 11.8 Å². The molecule has 1 aliphatic heterocycles. The molecule has 1 heterocycles. The largest absolute Gasteiger partial charge is 0.343 e. The van der Waals surface area contributed by atoms with E-state index in [1.807, 2.05) is 29.2 Å². The van der Waals surface area contributed by atoms with Crippen molar-refractivity contribution in [2.24, 2.45) is 0 Å². The van der Waals surface area contributed by atoms with Crippen LogP contribution in [-0.4, -0.2) is 36.3 Å². The lowest BCUT2D eigenvalue weighted by molar-refractivity contribution is -0.131. The lowest BCUT2D eigenvalue weighted by Crippen LogP contribution is -2.36. The molecule has 0 unspecified atom stereocenters. The first-order chi connectivity index (χ1) is 10.6. The Morgan fingerprint density at radius 2 is 1.68 bits per heavy atom. The van der Waals surface area contributed by atoms with Crippen LogP contribution in [0.4, 0.5) is 5.69 Å². The minimum atomic E-state index is -0.0361. The average Bonchev–Trinajstić information content (AvgIpc) is 2.78. The predicted molar refractivity (Wildman–Crippen MR) is 91.8 cm³/mol. The number of anilines is 1. The summed E-state index contributed by atoms with van der Waals surface area (Å²) in [6, 6.07) is 7.59. The Morgan fingerprint density at radius 1 is 1.09 bits per heavy atom.